The quantitative estimate of drug-likeness (QED) is 0.270. The molecule has 0 aliphatic rings. The highest BCUT2D eigenvalue weighted by atomic mass is 79.9. The molecule has 0 saturated heterocycles. The van der Waals surface area contributed by atoms with Crippen LogP contribution in [0.3, 0.4) is 0 Å². The van der Waals surface area contributed by atoms with E-state index in [9.17, 15) is 0 Å². The molecule has 0 spiro atoms. The van der Waals surface area contributed by atoms with Gasteiger partial charge in [-0.3, -0.25) is 0 Å². The maximum atomic E-state index is 3.75. The summed E-state index contributed by atoms with van der Waals surface area (Å²) < 4.78 is 2.39. The molecule has 0 radical (unpaired) electrons. The first kappa shape index (κ1) is 17.2. The van der Waals surface area contributed by atoms with Gasteiger partial charge >= 0.3 is 0 Å². The molecule has 0 atom stereocenters. The Morgan fingerprint density at radius 2 is 1.00 bits per heavy atom. The third-order valence-corrected chi connectivity index (χ3v) is 8.26. The van der Waals surface area contributed by atoms with Gasteiger partial charge in [-0.25, -0.2) is 0 Å². The molecule has 25 heavy (non-hydrogen) atoms. The van der Waals surface area contributed by atoms with Crippen molar-refractivity contribution in [3.8, 4) is 20.9 Å². The first-order chi connectivity index (χ1) is 12.2. The Bertz CT molecular complexity index is 904. The van der Waals surface area contributed by atoms with Gasteiger partial charge in [-0.2, -0.15) is 0 Å². The molecule has 2 heterocycles. The van der Waals surface area contributed by atoms with Crippen molar-refractivity contribution in [1.82, 2.24) is 0 Å². The summed E-state index contributed by atoms with van der Waals surface area (Å²) in [5.74, 6) is 0. The molecular weight excluding hydrogens is 476 g/mol. The largest absolute Gasteiger partial charge is 0.139 e. The Balaban J connectivity index is 1.63. The van der Waals surface area contributed by atoms with E-state index in [1.807, 2.05) is 22.7 Å². The van der Waals surface area contributed by atoms with Gasteiger partial charge in [0.2, 0.25) is 0 Å². The fourth-order valence-electron chi connectivity index (χ4n) is 2.69. The van der Waals surface area contributed by atoms with Gasteiger partial charge in [0.05, 0.1) is 0 Å². The summed E-state index contributed by atoms with van der Waals surface area (Å²) in [6.07, 6.45) is 0.941. The number of thiophene rings is 2. The summed E-state index contributed by atoms with van der Waals surface area (Å²) in [5, 5.41) is 0. The first-order valence-corrected chi connectivity index (χ1v) is 11.1. The Kier molecular flexibility index (Phi) is 5.23. The van der Waals surface area contributed by atoms with Crippen LogP contribution >= 0.6 is 54.5 Å². The van der Waals surface area contributed by atoms with Gasteiger partial charge in [0.1, 0.15) is 0 Å². The summed E-state index contributed by atoms with van der Waals surface area (Å²) >= 11 is 11.2. The molecule has 0 fully saturated rings. The van der Waals surface area contributed by atoms with Crippen LogP contribution in [-0.4, -0.2) is 0 Å². The highest BCUT2D eigenvalue weighted by molar-refractivity contribution is 9.11. The van der Waals surface area contributed by atoms with Crippen molar-refractivity contribution in [2.24, 2.45) is 0 Å². The SMILES string of the molecule is Brc1cc(-c2ccccc2)sc1Cc1sc(-c2ccccc2)cc1Br. The highest BCUT2D eigenvalue weighted by Crippen LogP contribution is 2.40. The topological polar surface area (TPSA) is 0 Å². The van der Waals surface area contributed by atoms with E-state index in [0.29, 0.717) is 0 Å². The van der Waals surface area contributed by atoms with E-state index in [2.05, 4.69) is 105 Å². The van der Waals surface area contributed by atoms with Gasteiger partial charge in [-0.1, -0.05) is 60.7 Å². The molecule has 0 aliphatic carbocycles. The molecule has 0 aliphatic heterocycles. The maximum absolute atomic E-state index is 3.75. The van der Waals surface area contributed by atoms with Gasteiger partial charge < -0.3 is 0 Å². The van der Waals surface area contributed by atoms with Gasteiger partial charge in [-0.05, 0) is 55.1 Å². The van der Waals surface area contributed by atoms with Crippen LogP contribution in [0.25, 0.3) is 20.9 Å². The van der Waals surface area contributed by atoms with E-state index >= 15 is 0 Å². The van der Waals surface area contributed by atoms with E-state index < -0.39 is 0 Å². The van der Waals surface area contributed by atoms with Gasteiger partial charge in [0.25, 0.3) is 0 Å². The van der Waals surface area contributed by atoms with E-state index in [0.717, 1.165) is 6.42 Å². The molecule has 0 nitrogen and oxygen atoms in total. The summed E-state index contributed by atoms with van der Waals surface area (Å²) in [5.41, 5.74) is 2.55. The molecule has 0 bridgehead atoms. The molecule has 0 unspecified atom stereocenters. The lowest BCUT2D eigenvalue weighted by Gasteiger charge is -1.98. The minimum atomic E-state index is 0.941. The van der Waals surface area contributed by atoms with Crippen molar-refractivity contribution in [3.63, 3.8) is 0 Å². The van der Waals surface area contributed by atoms with Gasteiger partial charge in [0, 0.05) is 34.9 Å². The number of hydrogen-bond acceptors (Lipinski definition) is 2. The average molecular weight is 490 g/mol. The lowest BCUT2D eigenvalue weighted by Crippen LogP contribution is -1.80. The van der Waals surface area contributed by atoms with Crippen LogP contribution < -0.4 is 0 Å². The predicted molar refractivity (Wildman–Crippen MR) is 118 cm³/mol. The van der Waals surface area contributed by atoms with Crippen LogP contribution in [0.15, 0.2) is 81.7 Å². The minimum absolute atomic E-state index is 0.941. The summed E-state index contributed by atoms with van der Waals surface area (Å²) in [7, 11) is 0. The maximum Gasteiger partial charge on any atom is 0.0357 e. The van der Waals surface area contributed by atoms with E-state index in [-0.39, 0.29) is 0 Å². The third kappa shape index (κ3) is 3.82. The Hall–Kier alpha value is -1.20. The monoisotopic (exact) mass is 488 g/mol. The molecule has 2 aromatic heterocycles. The van der Waals surface area contributed by atoms with E-state index in [1.54, 1.807) is 0 Å². The van der Waals surface area contributed by atoms with Crippen molar-refractivity contribution in [2.45, 2.75) is 6.42 Å². The predicted octanol–water partition coefficient (Wildman–Crippen LogP) is 8.26. The van der Waals surface area contributed by atoms with Crippen LogP contribution in [0, 0.1) is 0 Å². The first-order valence-electron chi connectivity index (χ1n) is 7.88. The number of rotatable bonds is 4. The fourth-order valence-corrected chi connectivity index (χ4v) is 6.45. The average Bonchev–Trinajstić information content (AvgIpc) is 3.20. The van der Waals surface area contributed by atoms with Crippen molar-refractivity contribution in [2.75, 3.05) is 0 Å². The van der Waals surface area contributed by atoms with Crippen LogP contribution in [-0.2, 0) is 6.42 Å². The minimum Gasteiger partial charge on any atom is -0.139 e. The van der Waals surface area contributed by atoms with Crippen LogP contribution in [0.4, 0.5) is 0 Å². The molecule has 0 saturated carbocycles. The molecule has 4 rings (SSSR count). The normalized spacial score (nSPS) is 11.0. The highest BCUT2D eigenvalue weighted by Gasteiger charge is 2.14. The molecule has 124 valence electrons. The van der Waals surface area contributed by atoms with Crippen molar-refractivity contribution in [3.05, 3.63) is 91.5 Å². The standard InChI is InChI=1S/C21H14Br2S2/c22-16-11-18(14-7-3-1-4-8-14)24-20(16)13-21-17(23)12-19(25-21)15-9-5-2-6-10-15/h1-12H,13H2. The number of hydrogen-bond donors (Lipinski definition) is 0. The number of halogens is 2. The van der Waals surface area contributed by atoms with E-state index in [4.69, 9.17) is 0 Å². The second-order valence-electron chi connectivity index (χ2n) is 5.67. The summed E-state index contributed by atoms with van der Waals surface area (Å²) in [6, 6.07) is 25.6. The lowest BCUT2D eigenvalue weighted by atomic mass is 10.2. The Morgan fingerprint density at radius 3 is 1.40 bits per heavy atom. The van der Waals surface area contributed by atoms with Crippen LogP contribution in [0.1, 0.15) is 9.75 Å². The smallest absolute Gasteiger partial charge is 0.0357 e. The fraction of sp³-hybridized carbons (Fsp3) is 0.0476. The van der Waals surface area contributed by atoms with E-state index in [1.165, 1.54) is 39.6 Å². The summed E-state index contributed by atoms with van der Waals surface area (Å²) in [4.78, 5) is 5.33. The van der Waals surface area contributed by atoms with Crippen LogP contribution in [0.5, 0.6) is 0 Å². The Labute approximate surface area is 172 Å². The Morgan fingerprint density at radius 1 is 0.600 bits per heavy atom. The second kappa shape index (κ2) is 7.58. The zero-order chi connectivity index (χ0) is 17.2. The van der Waals surface area contributed by atoms with Crippen LogP contribution in [0.2, 0.25) is 0 Å². The van der Waals surface area contributed by atoms with Crippen molar-refractivity contribution >= 4 is 54.5 Å². The molecule has 0 amide bonds. The molecular formula is C21H14Br2S2. The molecule has 4 aromatic rings. The molecule has 0 N–H and O–H groups in total. The van der Waals surface area contributed by atoms with Gasteiger partial charge in [-0.15, -0.1) is 22.7 Å². The second-order valence-corrected chi connectivity index (χ2v) is 9.65. The molecule has 2 aromatic carbocycles. The molecule has 4 heteroatoms. The van der Waals surface area contributed by atoms with Crippen molar-refractivity contribution in [1.29, 1.82) is 0 Å². The van der Waals surface area contributed by atoms with Gasteiger partial charge in [0.15, 0.2) is 0 Å². The van der Waals surface area contributed by atoms with Crippen molar-refractivity contribution < 1.29 is 0 Å². The third-order valence-electron chi connectivity index (χ3n) is 3.95. The lowest BCUT2D eigenvalue weighted by molar-refractivity contribution is 1.28. The zero-order valence-electron chi connectivity index (χ0n) is 13.2. The zero-order valence-corrected chi connectivity index (χ0v) is 18.0. The number of benzene rings is 2. The summed E-state index contributed by atoms with van der Waals surface area (Å²) in [6.45, 7) is 0.